The van der Waals surface area contributed by atoms with Gasteiger partial charge in [0.05, 0.1) is 19.6 Å². The molecule has 0 spiro atoms. The van der Waals surface area contributed by atoms with Crippen LogP contribution in [0.1, 0.15) is 11.1 Å². The van der Waals surface area contributed by atoms with E-state index in [0.717, 1.165) is 16.7 Å². The minimum absolute atomic E-state index is 0.0345. The average molecular weight is 404 g/mol. The Bertz CT molecular complexity index is 820. The maximum absolute atomic E-state index is 10.8. The van der Waals surface area contributed by atoms with Crippen LogP contribution < -0.4 is 0 Å². The molecule has 2 aromatic rings. The summed E-state index contributed by atoms with van der Waals surface area (Å²) in [6, 6.07) is 14.7. The molecule has 1 fully saturated rings. The van der Waals surface area contributed by atoms with Gasteiger partial charge in [0.25, 0.3) is 0 Å². The third-order valence-corrected chi connectivity index (χ3v) is 4.83. The van der Waals surface area contributed by atoms with Gasteiger partial charge in [0.15, 0.2) is 6.29 Å². The summed E-state index contributed by atoms with van der Waals surface area (Å²) in [5.41, 5.74) is 3.31. The van der Waals surface area contributed by atoms with Crippen molar-refractivity contribution in [2.45, 2.75) is 43.7 Å². The molecule has 5 atom stereocenters. The summed E-state index contributed by atoms with van der Waals surface area (Å²) in [4.78, 5) is 10.8. The van der Waals surface area contributed by atoms with Gasteiger partial charge in [-0.1, -0.05) is 42.5 Å². The van der Waals surface area contributed by atoms with E-state index in [1.54, 1.807) is 12.1 Å². The highest BCUT2D eigenvalue weighted by atomic mass is 16.7. The minimum Gasteiger partial charge on any atom is -0.481 e. The topological polar surface area (TPSA) is 137 Å². The fourth-order valence-electron chi connectivity index (χ4n) is 3.21. The van der Waals surface area contributed by atoms with Crippen molar-refractivity contribution >= 4 is 5.97 Å². The number of carbonyl (C=O) groups is 1. The van der Waals surface area contributed by atoms with Gasteiger partial charge in [0.2, 0.25) is 0 Å². The Morgan fingerprint density at radius 2 is 1.66 bits per heavy atom. The molecule has 0 aromatic heterocycles. The van der Waals surface area contributed by atoms with Crippen molar-refractivity contribution in [1.29, 1.82) is 0 Å². The molecule has 29 heavy (non-hydrogen) atoms. The van der Waals surface area contributed by atoms with E-state index in [0.29, 0.717) is 5.56 Å². The first-order valence-electron chi connectivity index (χ1n) is 9.21. The number of hydrogen-bond donors (Lipinski definition) is 5. The van der Waals surface area contributed by atoms with Gasteiger partial charge in [-0.25, -0.2) is 0 Å². The molecule has 5 N–H and O–H groups in total. The van der Waals surface area contributed by atoms with Gasteiger partial charge in [-0.15, -0.1) is 0 Å². The van der Waals surface area contributed by atoms with Gasteiger partial charge in [-0.3, -0.25) is 4.79 Å². The van der Waals surface area contributed by atoms with Gasteiger partial charge < -0.3 is 35.0 Å². The van der Waals surface area contributed by atoms with Crippen molar-refractivity contribution in [2.75, 3.05) is 6.61 Å². The van der Waals surface area contributed by atoms with Crippen LogP contribution in [0.15, 0.2) is 48.5 Å². The number of rotatable bonds is 7. The number of aliphatic hydroxyl groups is 4. The standard InChI is InChI=1S/C21H24O8/c22-10-16-18(25)19(26)20(27)21(29-16)28-11-13-2-1-3-15(8-13)14-6-4-12(5-7-14)9-17(23)24/h1-8,16,18-22,25-27H,9-11H2,(H,23,24)/t16-,18-,19-,20+,21+/m1/s1. The maximum atomic E-state index is 10.8. The lowest BCUT2D eigenvalue weighted by Crippen LogP contribution is -2.59. The molecule has 3 rings (SSSR count). The second-order valence-electron chi connectivity index (χ2n) is 6.98. The number of carboxylic acids is 1. The molecular formula is C21H24O8. The SMILES string of the molecule is O=C(O)Cc1ccc(-c2cccc(CO[C@H]3O[C@H](CO)[C@@H](O)[C@@H](O)[C@@H]3O)c2)cc1. The summed E-state index contributed by atoms with van der Waals surface area (Å²) in [6.45, 7) is -0.439. The second-order valence-corrected chi connectivity index (χ2v) is 6.98. The first-order chi connectivity index (χ1) is 13.9. The third kappa shape index (κ3) is 5.18. The monoisotopic (exact) mass is 404 g/mol. The second kappa shape index (κ2) is 9.45. The Labute approximate surface area is 167 Å². The van der Waals surface area contributed by atoms with Gasteiger partial charge >= 0.3 is 5.97 Å². The molecule has 1 aliphatic rings. The summed E-state index contributed by atoms with van der Waals surface area (Å²) < 4.78 is 10.9. The van der Waals surface area contributed by atoms with Crippen LogP contribution in [0.4, 0.5) is 0 Å². The largest absolute Gasteiger partial charge is 0.481 e. The fourth-order valence-corrected chi connectivity index (χ4v) is 3.21. The molecule has 0 radical (unpaired) electrons. The molecule has 2 aromatic carbocycles. The molecule has 1 heterocycles. The number of carboxylic acid groups (broad SMARTS) is 1. The van der Waals surface area contributed by atoms with Crippen LogP contribution >= 0.6 is 0 Å². The van der Waals surface area contributed by atoms with E-state index in [1.165, 1.54) is 0 Å². The molecule has 1 saturated heterocycles. The predicted molar refractivity (Wildman–Crippen MR) is 102 cm³/mol. The zero-order valence-corrected chi connectivity index (χ0v) is 15.6. The minimum atomic E-state index is -1.48. The lowest BCUT2D eigenvalue weighted by molar-refractivity contribution is -0.304. The average Bonchev–Trinajstić information content (AvgIpc) is 2.72. The molecule has 0 bridgehead atoms. The van der Waals surface area contributed by atoms with Crippen molar-refractivity contribution in [1.82, 2.24) is 0 Å². The smallest absolute Gasteiger partial charge is 0.307 e. The van der Waals surface area contributed by atoms with Crippen LogP contribution in [0.2, 0.25) is 0 Å². The van der Waals surface area contributed by atoms with E-state index < -0.39 is 43.3 Å². The Kier molecular flexibility index (Phi) is 6.96. The Morgan fingerprint density at radius 3 is 2.31 bits per heavy atom. The first kappa shape index (κ1) is 21.4. The molecule has 0 unspecified atom stereocenters. The van der Waals surface area contributed by atoms with Crippen LogP contribution in [-0.2, 0) is 27.3 Å². The van der Waals surface area contributed by atoms with Crippen molar-refractivity contribution in [3.63, 3.8) is 0 Å². The van der Waals surface area contributed by atoms with Gasteiger partial charge in [-0.2, -0.15) is 0 Å². The lowest BCUT2D eigenvalue weighted by atomic mass is 9.99. The van der Waals surface area contributed by atoms with E-state index >= 15 is 0 Å². The number of benzene rings is 2. The molecule has 8 heteroatoms. The fraction of sp³-hybridized carbons (Fsp3) is 0.381. The van der Waals surface area contributed by atoms with Gasteiger partial charge in [-0.05, 0) is 28.3 Å². The summed E-state index contributed by atoms with van der Waals surface area (Å²) in [5.74, 6) is -0.884. The Morgan fingerprint density at radius 1 is 0.931 bits per heavy atom. The van der Waals surface area contributed by atoms with E-state index in [1.807, 2.05) is 36.4 Å². The maximum Gasteiger partial charge on any atom is 0.307 e. The number of hydrogen-bond acceptors (Lipinski definition) is 7. The number of ether oxygens (including phenoxy) is 2. The lowest BCUT2D eigenvalue weighted by Gasteiger charge is -2.39. The molecule has 8 nitrogen and oxygen atoms in total. The van der Waals surface area contributed by atoms with E-state index in [9.17, 15) is 25.2 Å². The van der Waals surface area contributed by atoms with Crippen molar-refractivity contribution in [2.24, 2.45) is 0 Å². The van der Waals surface area contributed by atoms with Crippen LogP contribution in [-0.4, -0.2) is 68.8 Å². The zero-order chi connectivity index (χ0) is 21.0. The summed E-state index contributed by atoms with van der Waals surface area (Å²) in [7, 11) is 0. The molecule has 0 aliphatic carbocycles. The molecule has 1 aliphatic heterocycles. The highest BCUT2D eigenvalue weighted by Crippen LogP contribution is 2.25. The van der Waals surface area contributed by atoms with Crippen molar-refractivity contribution in [3.8, 4) is 11.1 Å². The number of aliphatic carboxylic acids is 1. The summed E-state index contributed by atoms with van der Waals surface area (Å²) in [6.07, 6.45) is -6.60. The summed E-state index contributed by atoms with van der Waals surface area (Å²) >= 11 is 0. The van der Waals surface area contributed by atoms with Gasteiger partial charge in [0, 0.05) is 0 Å². The van der Waals surface area contributed by atoms with Gasteiger partial charge in [0.1, 0.15) is 24.4 Å². The molecule has 156 valence electrons. The van der Waals surface area contributed by atoms with Crippen LogP contribution in [0.25, 0.3) is 11.1 Å². The van der Waals surface area contributed by atoms with Crippen molar-refractivity contribution in [3.05, 3.63) is 59.7 Å². The summed E-state index contributed by atoms with van der Waals surface area (Å²) in [5, 5.41) is 47.8. The Hall–Kier alpha value is -2.33. The van der Waals surface area contributed by atoms with E-state index in [4.69, 9.17) is 14.6 Å². The first-order valence-corrected chi connectivity index (χ1v) is 9.21. The normalized spacial score (nSPS) is 27.0. The molecule has 0 saturated carbocycles. The van der Waals surface area contributed by atoms with E-state index in [-0.39, 0.29) is 13.0 Å². The van der Waals surface area contributed by atoms with E-state index in [2.05, 4.69) is 0 Å². The highest BCUT2D eigenvalue weighted by molar-refractivity contribution is 5.71. The Balaban J connectivity index is 1.66. The predicted octanol–water partition coefficient (Wildman–Crippen LogP) is 0.297. The molecular weight excluding hydrogens is 380 g/mol. The third-order valence-electron chi connectivity index (χ3n) is 4.83. The number of aliphatic hydroxyl groups excluding tert-OH is 4. The quantitative estimate of drug-likeness (QED) is 0.444. The van der Waals surface area contributed by atoms with Crippen LogP contribution in [0.3, 0.4) is 0 Å². The molecule has 0 amide bonds. The van der Waals surface area contributed by atoms with Crippen LogP contribution in [0, 0.1) is 0 Å². The highest BCUT2D eigenvalue weighted by Gasteiger charge is 2.43. The van der Waals surface area contributed by atoms with Crippen LogP contribution in [0.5, 0.6) is 0 Å². The zero-order valence-electron chi connectivity index (χ0n) is 15.6. The van der Waals surface area contributed by atoms with Crippen molar-refractivity contribution < 1.29 is 39.8 Å².